The predicted molar refractivity (Wildman–Crippen MR) is 85.0 cm³/mol. The SMILES string of the molecule is CO[C@@H]1O[C@H](CO)[C@H](O)[C@H](O[C@H]2O[C@H](CO)[C@H](O)[C@H](O)[C@H]2NC(C)=O)[C@H]1O. The maximum atomic E-state index is 11.4. The van der Waals surface area contributed by atoms with E-state index in [4.69, 9.17) is 18.9 Å². The van der Waals surface area contributed by atoms with E-state index in [0.717, 1.165) is 0 Å². The summed E-state index contributed by atoms with van der Waals surface area (Å²) in [4.78, 5) is 11.4. The van der Waals surface area contributed by atoms with Crippen LogP contribution in [0, 0.1) is 0 Å². The first-order valence-electron chi connectivity index (χ1n) is 8.45. The molecule has 1 amide bonds. The maximum absolute atomic E-state index is 11.4. The highest BCUT2D eigenvalue weighted by atomic mass is 16.7. The number of carbonyl (C=O) groups is 1. The molecule has 12 nitrogen and oxygen atoms in total. The second-order valence-electron chi connectivity index (χ2n) is 6.48. The molecule has 0 saturated carbocycles. The molecule has 158 valence electrons. The van der Waals surface area contributed by atoms with E-state index in [1.54, 1.807) is 0 Å². The van der Waals surface area contributed by atoms with Gasteiger partial charge >= 0.3 is 0 Å². The Morgan fingerprint density at radius 1 is 0.926 bits per heavy atom. The molecule has 0 aliphatic carbocycles. The summed E-state index contributed by atoms with van der Waals surface area (Å²) in [5.41, 5.74) is 0. The van der Waals surface area contributed by atoms with E-state index in [0.29, 0.717) is 0 Å². The van der Waals surface area contributed by atoms with Crippen LogP contribution in [-0.4, -0.2) is 118 Å². The van der Waals surface area contributed by atoms with E-state index in [9.17, 15) is 35.4 Å². The van der Waals surface area contributed by atoms with Crippen LogP contribution in [0.4, 0.5) is 0 Å². The molecule has 2 heterocycles. The van der Waals surface area contributed by atoms with Crippen LogP contribution in [0.1, 0.15) is 6.92 Å². The maximum Gasteiger partial charge on any atom is 0.217 e. The van der Waals surface area contributed by atoms with Gasteiger partial charge in [-0.3, -0.25) is 4.79 Å². The number of nitrogens with one attached hydrogen (secondary N) is 1. The Bertz CT molecular complexity index is 478. The van der Waals surface area contributed by atoms with Crippen LogP contribution in [0.2, 0.25) is 0 Å². The summed E-state index contributed by atoms with van der Waals surface area (Å²) in [6.07, 6.45) is -12.4. The zero-order valence-corrected chi connectivity index (χ0v) is 14.9. The number of aliphatic hydroxyl groups excluding tert-OH is 6. The lowest BCUT2D eigenvalue weighted by atomic mass is 9.95. The summed E-state index contributed by atoms with van der Waals surface area (Å²) in [7, 11) is 1.25. The number of rotatable bonds is 6. The van der Waals surface area contributed by atoms with Gasteiger partial charge in [-0.1, -0.05) is 0 Å². The molecule has 7 N–H and O–H groups in total. The number of methoxy groups -OCH3 is 1. The molecule has 2 fully saturated rings. The zero-order valence-electron chi connectivity index (χ0n) is 14.9. The Hall–Kier alpha value is -0.930. The molecular formula is C15H27NO11. The van der Waals surface area contributed by atoms with Crippen LogP contribution in [0.25, 0.3) is 0 Å². The Morgan fingerprint density at radius 2 is 1.48 bits per heavy atom. The number of hydrogen-bond acceptors (Lipinski definition) is 11. The topological polar surface area (TPSA) is 187 Å². The fraction of sp³-hybridized carbons (Fsp3) is 0.933. The molecule has 0 aromatic heterocycles. The Kier molecular flexibility index (Phi) is 7.88. The van der Waals surface area contributed by atoms with E-state index in [1.807, 2.05) is 0 Å². The highest BCUT2D eigenvalue weighted by Gasteiger charge is 2.51. The summed E-state index contributed by atoms with van der Waals surface area (Å²) in [5.74, 6) is -0.554. The smallest absolute Gasteiger partial charge is 0.217 e. The molecule has 0 radical (unpaired) electrons. The zero-order chi connectivity index (χ0) is 20.3. The molecule has 0 unspecified atom stereocenters. The van der Waals surface area contributed by atoms with Crippen LogP contribution in [-0.2, 0) is 23.7 Å². The van der Waals surface area contributed by atoms with Gasteiger partial charge in [-0.2, -0.15) is 0 Å². The van der Waals surface area contributed by atoms with Gasteiger partial charge in [0.2, 0.25) is 5.91 Å². The molecule has 10 atom stereocenters. The number of hydrogen-bond donors (Lipinski definition) is 7. The van der Waals surface area contributed by atoms with Crippen molar-refractivity contribution >= 4 is 5.91 Å². The predicted octanol–water partition coefficient (Wildman–Crippen LogP) is -4.60. The van der Waals surface area contributed by atoms with Crippen LogP contribution in [0.15, 0.2) is 0 Å². The van der Waals surface area contributed by atoms with Crippen molar-refractivity contribution in [3.05, 3.63) is 0 Å². The third-order valence-corrected chi connectivity index (χ3v) is 4.60. The number of carbonyl (C=O) groups excluding carboxylic acids is 1. The second kappa shape index (κ2) is 9.52. The quantitative estimate of drug-likeness (QED) is 0.228. The van der Waals surface area contributed by atoms with Gasteiger partial charge in [-0.05, 0) is 0 Å². The second-order valence-corrected chi connectivity index (χ2v) is 6.48. The van der Waals surface area contributed by atoms with Crippen molar-refractivity contribution in [1.29, 1.82) is 0 Å². The van der Waals surface area contributed by atoms with Gasteiger partial charge in [0.25, 0.3) is 0 Å². The van der Waals surface area contributed by atoms with Gasteiger partial charge in [0.05, 0.1) is 13.2 Å². The van der Waals surface area contributed by atoms with Gasteiger partial charge in [0, 0.05) is 14.0 Å². The minimum atomic E-state index is -1.55. The molecule has 12 heteroatoms. The van der Waals surface area contributed by atoms with Crippen LogP contribution < -0.4 is 5.32 Å². The van der Waals surface area contributed by atoms with Gasteiger partial charge in [0.15, 0.2) is 12.6 Å². The minimum Gasteiger partial charge on any atom is -0.394 e. The van der Waals surface area contributed by atoms with E-state index in [2.05, 4.69) is 5.32 Å². The number of ether oxygens (including phenoxy) is 4. The molecule has 2 aliphatic rings. The van der Waals surface area contributed by atoms with Crippen molar-refractivity contribution in [2.75, 3.05) is 20.3 Å². The number of amides is 1. The van der Waals surface area contributed by atoms with Crippen molar-refractivity contribution in [3.63, 3.8) is 0 Å². The van der Waals surface area contributed by atoms with Crippen molar-refractivity contribution in [3.8, 4) is 0 Å². The van der Waals surface area contributed by atoms with Gasteiger partial charge in [0.1, 0.15) is 48.8 Å². The molecule has 0 spiro atoms. The minimum absolute atomic E-state index is 0.554. The van der Waals surface area contributed by atoms with Crippen molar-refractivity contribution in [2.45, 2.75) is 68.3 Å². The Morgan fingerprint density at radius 3 is 2.00 bits per heavy atom. The molecule has 0 aromatic rings. The third-order valence-electron chi connectivity index (χ3n) is 4.60. The van der Waals surface area contributed by atoms with E-state index in [-0.39, 0.29) is 0 Å². The van der Waals surface area contributed by atoms with Gasteiger partial charge < -0.3 is 54.9 Å². The summed E-state index contributed by atoms with van der Waals surface area (Å²) in [6, 6.07) is -1.25. The molecular weight excluding hydrogens is 370 g/mol. The van der Waals surface area contributed by atoms with Crippen molar-refractivity contribution in [2.24, 2.45) is 0 Å². The van der Waals surface area contributed by atoms with Crippen LogP contribution >= 0.6 is 0 Å². The summed E-state index contributed by atoms with van der Waals surface area (Å²) in [5, 5.41) is 61.9. The highest BCUT2D eigenvalue weighted by Crippen LogP contribution is 2.29. The third kappa shape index (κ3) is 4.74. The molecule has 2 saturated heterocycles. The van der Waals surface area contributed by atoms with Crippen LogP contribution in [0.5, 0.6) is 0 Å². The van der Waals surface area contributed by atoms with Crippen molar-refractivity contribution in [1.82, 2.24) is 5.32 Å². The Labute approximate surface area is 155 Å². The van der Waals surface area contributed by atoms with Gasteiger partial charge in [-0.25, -0.2) is 0 Å². The molecule has 2 rings (SSSR count). The van der Waals surface area contributed by atoms with E-state index < -0.39 is 80.5 Å². The van der Waals surface area contributed by atoms with E-state index >= 15 is 0 Å². The summed E-state index contributed by atoms with van der Waals surface area (Å²) >= 11 is 0. The normalized spacial score (nSPS) is 45.5. The first-order valence-corrected chi connectivity index (χ1v) is 8.45. The molecule has 27 heavy (non-hydrogen) atoms. The van der Waals surface area contributed by atoms with E-state index in [1.165, 1.54) is 14.0 Å². The average Bonchev–Trinajstić information content (AvgIpc) is 2.64. The molecule has 2 aliphatic heterocycles. The summed E-state index contributed by atoms with van der Waals surface area (Å²) in [6.45, 7) is -0.0617. The molecule has 0 aromatic carbocycles. The monoisotopic (exact) mass is 397 g/mol. The lowest BCUT2D eigenvalue weighted by molar-refractivity contribution is -0.344. The van der Waals surface area contributed by atoms with Crippen LogP contribution in [0.3, 0.4) is 0 Å². The van der Waals surface area contributed by atoms with Crippen molar-refractivity contribution < 1.29 is 54.4 Å². The first kappa shape index (κ1) is 22.4. The summed E-state index contributed by atoms with van der Waals surface area (Å²) < 4.78 is 21.2. The largest absolute Gasteiger partial charge is 0.394 e. The standard InChI is InChI=1S/C15H27NO11/c1-5(19)16-8-11(22)9(20)6(3-17)25-14(8)27-13-10(21)7(4-18)26-15(24-2)12(13)23/h6-15,17-18,20-23H,3-4H2,1-2H3,(H,16,19)/t6-,7-,8-,9+,10+,11-,12-,13+,14-,15-/m1/s1. The lowest BCUT2D eigenvalue weighted by Gasteiger charge is -2.46. The average molecular weight is 397 g/mol. The fourth-order valence-electron chi connectivity index (χ4n) is 3.15. The lowest BCUT2D eigenvalue weighted by Crippen LogP contribution is -2.67. The fourth-order valence-corrected chi connectivity index (χ4v) is 3.15. The number of aliphatic hydroxyl groups is 6. The first-order chi connectivity index (χ1) is 12.7. The molecule has 0 bridgehead atoms. The highest BCUT2D eigenvalue weighted by molar-refractivity contribution is 5.73. The Balaban J connectivity index is 2.24. The van der Waals surface area contributed by atoms with Gasteiger partial charge in [-0.15, -0.1) is 0 Å².